The Morgan fingerprint density at radius 3 is 2.08 bits per heavy atom. The summed E-state index contributed by atoms with van der Waals surface area (Å²) in [6, 6.07) is 6.94. The number of sulfonamides is 1. The first-order valence-electron chi connectivity index (χ1n) is 9.16. The summed E-state index contributed by atoms with van der Waals surface area (Å²) in [5, 5.41) is 0. The van der Waals surface area contributed by atoms with Gasteiger partial charge < -0.3 is 0 Å². The quantitative estimate of drug-likeness (QED) is 0.336. The summed E-state index contributed by atoms with van der Waals surface area (Å²) < 4.78 is 27.1. The highest BCUT2D eigenvalue weighted by Gasteiger charge is 2.15. The van der Waals surface area contributed by atoms with Gasteiger partial charge in [0.15, 0.2) is 0 Å². The largest absolute Gasteiger partial charge is 0.240 e. The van der Waals surface area contributed by atoms with Gasteiger partial charge in [0.25, 0.3) is 0 Å². The minimum Gasteiger partial charge on any atom is -0.210 e. The number of aryl methyl sites for hydroxylation is 1. The molecule has 0 saturated heterocycles. The fourth-order valence-corrected chi connectivity index (χ4v) is 4.38. The summed E-state index contributed by atoms with van der Waals surface area (Å²) in [4.78, 5) is 0.526. The molecule has 5 heteroatoms. The number of nitrogens with one attached hydrogen (secondary N) is 1. The molecule has 1 N–H and O–H groups in total. The average molecular weight is 418 g/mol. The van der Waals surface area contributed by atoms with Gasteiger partial charge in [-0.1, -0.05) is 91.9 Å². The first-order valence-corrected chi connectivity index (χ1v) is 11.6. The maximum absolute atomic E-state index is 12.2. The monoisotopic (exact) mass is 417 g/mol. The summed E-state index contributed by atoms with van der Waals surface area (Å²) in [7, 11) is -3.40. The van der Waals surface area contributed by atoms with Gasteiger partial charge in [-0.2, -0.15) is 0 Å². The van der Waals surface area contributed by atoms with Gasteiger partial charge >= 0.3 is 0 Å². The Morgan fingerprint density at radius 1 is 0.958 bits per heavy atom. The zero-order chi connectivity index (χ0) is 17.8. The molecule has 1 aromatic rings. The van der Waals surface area contributed by atoms with Gasteiger partial charge in [-0.15, -0.1) is 0 Å². The van der Waals surface area contributed by atoms with Gasteiger partial charge in [0.05, 0.1) is 4.90 Å². The Kier molecular flexibility index (Phi) is 10.9. The Morgan fingerprint density at radius 2 is 1.50 bits per heavy atom. The molecule has 3 nitrogen and oxygen atoms in total. The molecular formula is C19H32BrNO2S. The Balaban J connectivity index is 2.17. The maximum atomic E-state index is 12.2. The fourth-order valence-electron chi connectivity index (χ4n) is 2.60. The van der Waals surface area contributed by atoms with Crippen LogP contribution in [0.25, 0.3) is 0 Å². The highest BCUT2D eigenvalue weighted by molar-refractivity contribution is 9.09. The minimum atomic E-state index is -3.40. The highest BCUT2D eigenvalue weighted by atomic mass is 79.9. The molecule has 0 heterocycles. The van der Waals surface area contributed by atoms with Crippen molar-refractivity contribution in [3.63, 3.8) is 0 Å². The second kappa shape index (κ2) is 12.0. The Labute approximate surface area is 156 Å². The summed E-state index contributed by atoms with van der Waals surface area (Å²) in [6.07, 6.45) is 11.4. The molecule has 0 aliphatic rings. The van der Waals surface area contributed by atoms with Crippen molar-refractivity contribution in [1.29, 1.82) is 0 Å². The van der Waals surface area contributed by atoms with Crippen LogP contribution in [-0.4, -0.2) is 19.8 Å². The molecule has 1 rings (SSSR count). The molecule has 0 unspecified atom stereocenters. The lowest BCUT2D eigenvalue weighted by Gasteiger charge is -2.12. The molecule has 0 saturated carbocycles. The van der Waals surface area contributed by atoms with E-state index in [1.807, 2.05) is 19.1 Å². The predicted molar refractivity (Wildman–Crippen MR) is 106 cm³/mol. The van der Waals surface area contributed by atoms with Crippen molar-refractivity contribution in [3.8, 4) is 0 Å². The van der Waals surface area contributed by atoms with E-state index in [0.717, 1.165) is 18.4 Å². The number of unbranched alkanes of at least 4 members (excludes halogenated alkanes) is 7. The maximum Gasteiger partial charge on any atom is 0.240 e. The van der Waals surface area contributed by atoms with Crippen LogP contribution in [-0.2, 0) is 10.0 Å². The van der Waals surface area contributed by atoms with E-state index in [9.17, 15) is 8.42 Å². The highest BCUT2D eigenvalue weighted by Crippen LogP contribution is 2.15. The summed E-state index contributed by atoms with van der Waals surface area (Å²) in [6.45, 7) is 4.62. The van der Waals surface area contributed by atoms with Crippen LogP contribution in [0.5, 0.6) is 0 Å². The van der Waals surface area contributed by atoms with Crippen LogP contribution in [0.15, 0.2) is 29.2 Å². The van der Waals surface area contributed by atoms with E-state index in [1.54, 1.807) is 12.1 Å². The smallest absolute Gasteiger partial charge is 0.210 e. The Hall–Kier alpha value is -0.390. The van der Waals surface area contributed by atoms with E-state index in [2.05, 4.69) is 27.6 Å². The third kappa shape index (κ3) is 9.19. The molecule has 0 aliphatic carbocycles. The van der Waals surface area contributed by atoms with E-state index in [1.165, 1.54) is 44.9 Å². The third-order valence-corrected chi connectivity index (χ3v) is 6.42. The van der Waals surface area contributed by atoms with E-state index in [-0.39, 0.29) is 4.83 Å². The predicted octanol–water partition coefficient (Wildman–Crippen LogP) is 5.57. The Bertz CT molecular complexity index is 543. The van der Waals surface area contributed by atoms with Gasteiger partial charge in [-0.05, 0) is 25.5 Å². The topological polar surface area (TPSA) is 46.2 Å². The van der Waals surface area contributed by atoms with E-state index in [4.69, 9.17) is 0 Å². The van der Waals surface area contributed by atoms with Gasteiger partial charge in [-0.3, -0.25) is 0 Å². The first-order chi connectivity index (χ1) is 11.5. The minimum absolute atomic E-state index is 0.192. The molecule has 1 aromatic carbocycles. The summed E-state index contributed by atoms with van der Waals surface area (Å²) in [5.41, 5.74) is 1.06. The van der Waals surface area contributed by atoms with Crippen molar-refractivity contribution in [2.75, 3.05) is 6.54 Å². The molecule has 0 radical (unpaired) electrons. The van der Waals surface area contributed by atoms with Crippen LogP contribution in [0, 0.1) is 6.92 Å². The average Bonchev–Trinajstić information content (AvgIpc) is 2.56. The van der Waals surface area contributed by atoms with Crippen LogP contribution >= 0.6 is 15.9 Å². The van der Waals surface area contributed by atoms with Gasteiger partial charge in [0, 0.05) is 11.4 Å². The molecule has 0 amide bonds. The van der Waals surface area contributed by atoms with Crippen molar-refractivity contribution in [2.45, 2.75) is 81.4 Å². The van der Waals surface area contributed by atoms with E-state index >= 15 is 0 Å². The standard InChI is InChI=1S/C19H32BrNO2S/c1-3-4-5-6-7-8-9-10-11-18(20)16-21-24(22,23)19-14-12-17(2)13-15-19/h12-15,18,21H,3-11,16H2,1-2H3/t18-/m1/s1. The number of alkyl halides is 1. The fraction of sp³-hybridized carbons (Fsp3) is 0.684. The van der Waals surface area contributed by atoms with Gasteiger partial charge in [0.2, 0.25) is 10.0 Å². The summed E-state index contributed by atoms with van der Waals surface area (Å²) in [5.74, 6) is 0. The molecule has 24 heavy (non-hydrogen) atoms. The molecule has 0 bridgehead atoms. The molecule has 0 aromatic heterocycles. The van der Waals surface area contributed by atoms with Crippen LogP contribution in [0.2, 0.25) is 0 Å². The van der Waals surface area contributed by atoms with Crippen LogP contribution in [0.4, 0.5) is 0 Å². The van der Waals surface area contributed by atoms with Gasteiger partial charge in [-0.25, -0.2) is 13.1 Å². The summed E-state index contributed by atoms with van der Waals surface area (Å²) >= 11 is 3.59. The van der Waals surface area contributed by atoms with Crippen molar-refractivity contribution < 1.29 is 8.42 Å². The zero-order valence-electron chi connectivity index (χ0n) is 15.1. The zero-order valence-corrected chi connectivity index (χ0v) is 17.5. The molecule has 0 aliphatic heterocycles. The second-order valence-corrected chi connectivity index (χ2v) is 9.59. The first kappa shape index (κ1) is 21.7. The van der Waals surface area contributed by atoms with Crippen LogP contribution in [0.1, 0.15) is 70.3 Å². The number of hydrogen-bond donors (Lipinski definition) is 1. The normalized spacial score (nSPS) is 13.1. The van der Waals surface area contributed by atoms with Gasteiger partial charge in [0.1, 0.15) is 0 Å². The second-order valence-electron chi connectivity index (χ2n) is 6.53. The van der Waals surface area contributed by atoms with Crippen molar-refractivity contribution >= 4 is 26.0 Å². The lowest BCUT2D eigenvalue weighted by Crippen LogP contribution is -2.29. The van der Waals surface area contributed by atoms with Crippen LogP contribution < -0.4 is 4.72 Å². The van der Waals surface area contributed by atoms with E-state index in [0.29, 0.717) is 11.4 Å². The SMILES string of the molecule is CCCCCCCCCC[C@@H](Br)CNS(=O)(=O)c1ccc(C)cc1. The lowest BCUT2D eigenvalue weighted by atomic mass is 10.1. The van der Waals surface area contributed by atoms with Crippen molar-refractivity contribution in [2.24, 2.45) is 0 Å². The molecular weight excluding hydrogens is 386 g/mol. The van der Waals surface area contributed by atoms with Crippen LogP contribution in [0.3, 0.4) is 0 Å². The number of benzene rings is 1. The number of halogens is 1. The lowest BCUT2D eigenvalue weighted by molar-refractivity contribution is 0.554. The van der Waals surface area contributed by atoms with Crippen molar-refractivity contribution in [3.05, 3.63) is 29.8 Å². The molecule has 0 fully saturated rings. The molecule has 1 atom stereocenters. The number of hydrogen-bond acceptors (Lipinski definition) is 2. The van der Waals surface area contributed by atoms with Crippen molar-refractivity contribution in [1.82, 2.24) is 4.72 Å². The van der Waals surface area contributed by atoms with E-state index < -0.39 is 10.0 Å². The third-order valence-electron chi connectivity index (χ3n) is 4.20. The molecule has 138 valence electrons. The number of rotatable bonds is 13. The molecule has 0 spiro atoms.